The van der Waals surface area contributed by atoms with Gasteiger partial charge in [-0.15, -0.1) is 0 Å². The van der Waals surface area contributed by atoms with Crippen molar-refractivity contribution in [2.24, 2.45) is 0 Å². The summed E-state index contributed by atoms with van der Waals surface area (Å²) in [6, 6.07) is 7.19. The Labute approximate surface area is 144 Å². The number of aromatic nitrogens is 2. The third kappa shape index (κ3) is 3.95. The smallest absolute Gasteiger partial charge is 0.404 e. The summed E-state index contributed by atoms with van der Waals surface area (Å²) in [5, 5.41) is 20.3. The topological polar surface area (TPSA) is 111 Å². The summed E-state index contributed by atoms with van der Waals surface area (Å²) in [5.41, 5.74) is 1.65. The van der Waals surface area contributed by atoms with Crippen LogP contribution in [0.25, 0.3) is 11.0 Å². The van der Waals surface area contributed by atoms with Crippen molar-refractivity contribution < 1.29 is 9.90 Å². The first kappa shape index (κ1) is 16.9. The predicted molar refractivity (Wildman–Crippen MR) is 91.3 cm³/mol. The second-order valence-electron chi connectivity index (χ2n) is 6.13. The van der Waals surface area contributed by atoms with Crippen LogP contribution < -0.4 is 10.9 Å². The summed E-state index contributed by atoms with van der Waals surface area (Å²) in [7, 11) is 0. The molecule has 1 saturated heterocycles. The number of hydrogen-bond donors (Lipinski definition) is 2. The first-order valence-corrected chi connectivity index (χ1v) is 8.18. The molecule has 8 heteroatoms. The quantitative estimate of drug-likeness (QED) is 0.858. The van der Waals surface area contributed by atoms with Crippen LogP contribution in [-0.2, 0) is 6.54 Å². The van der Waals surface area contributed by atoms with Gasteiger partial charge in [0.15, 0.2) is 0 Å². The molecule has 0 spiro atoms. The van der Waals surface area contributed by atoms with E-state index in [0.717, 1.165) is 25.9 Å². The predicted octanol–water partition coefficient (Wildman–Crippen LogP) is 1.00. The Morgan fingerprint density at radius 2 is 2.12 bits per heavy atom. The minimum atomic E-state index is -0.985. The minimum Gasteiger partial charge on any atom is -0.465 e. The van der Waals surface area contributed by atoms with Crippen molar-refractivity contribution in [3.05, 3.63) is 40.3 Å². The number of rotatable bonds is 4. The van der Waals surface area contributed by atoms with Crippen LogP contribution in [-0.4, -0.2) is 51.3 Å². The molecular weight excluding hydrogens is 322 g/mol. The second-order valence-corrected chi connectivity index (χ2v) is 6.13. The molecule has 3 rings (SSSR count). The van der Waals surface area contributed by atoms with Crippen molar-refractivity contribution in [3.8, 4) is 6.07 Å². The molecule has 2 N–H and O–H groups in total. The van der Waals surface area contributed by atoms with Gasteiger partial charge in [-0.25, -0.2) is 9.78 Å². The van der Waals surface area contributed by atoms with Crippen molar-refractivity contribution in [2.75, 3.05) is 19.6 Å². The van der Waals surface area contributed by atoms with Crippen LogP contribution in [0.15, 0.2) is 29.2 Å². The summed E-state index contributed by atoms with van der Waals surface area (Å²) in [6.07, 6.45) is 1.84. The summed E-state index contributed by atoms with van der Waals surface area (Å²) >= 11 is 0. The van der Waals surface area contributed by atoms with E-state index in [4.69, 9.17) is 10.4 Å². The lowest BCUT2D eigenvalue weighted by molar-refractivity contribution is 0.166. The zero-order valence-electron chi connectivity index (χ0n) is 13.7. The van der Waals surface area contributed by atoms with E-state index in [2.05, 4.69) is 21.3 Å². The Kier molecular flexibility index (Phi) is 4.95. The van der Waals surface area contributed by atoms with Gasteiger partial charge >= 0.3 is 6.09 Å². The lowest BCUT2D eigenvalue weighted by Gasteiger charge is -2.31. The zero-order valence-corrected chi connectivity index (χ0v) is 13.7. The van der Waals surface area contributed by atoms with E-state index in [0.29, 0.717) is 29.7 Å². The fraction of sp³-hybridized carbons (Fsp3) is 0.412. The van der Waals surface area contributed by atoms with E-state index >= 15 is 0 Å². The molecule has 0 unspecified atom stereocenters. The SMILES string of the molecule is N#Cc1ccc2ncc(=O)n(CCN3CCC(NC(=O)O)CC3)c2c1. The number of likely N-dealkylation sites (tertiary alicyclic amines) is 1. The average Bonchev–Trinajstić information content (AvgIpc) is 2.61. The molecule has 0 atom stereocenters. The Hall–Kier alpha value is -2.92. The maximum absolute atomic E-state index is 12.2. The molecule has 130 valence electrons. The number of nitrogens with one attached hydrogen (secondary N) is 1. The number of nitriles is 1. The summed E-state index contributed by atoms with van der Waals surface area (Å²) < 4.78 is 1.64. The molecule has 0 aliphatic carbocycles. The highest BCUT2D eigenvalue weighted by molar-refractivity contribution is 5.76. The molecule has 25 heavy (non-hydrogen) atoms. The molecule has 1 aromatic carbocycles. The van der Waals surface area contributed by atoms with Gasteiger partial charge in [-0.2, -0.15) is 5.26 Å². The number of hydrogen-bond acceptors (Lipinski definition) is 5. The van der Waals surface area contributed by atoms with Crippen molar-refractivity contribution in [2.45, 2.75) is 25.4 Å². The summed E-state index contributed by atoms with van der Waals surface area (Å²) in [6.45, 7) is 2.76. The molecule has 2 aromatic rings. The minimum absolute atomic E-state index is 0.00332. The van der Waals surface area contributed by atoms with Gasteiger partial charge < -0.3 is 19.9 Å². The van der Waals surface area contributed by atoms with Gasteiger partial charge in [0.2, 0.25) is 0 Å². The normalized spacial score (nSPS) is 15.8. The van der Waals surface area contributed by atoms with E-state index in [-0.39, 0.29) is 11.6 Å². The lowest BCUT2D eigenvalue weighted by Crippen LogP contribution is -2.45. The van der Waals surface area contributed by atoms with Gasteiger partial charge in [-0.1, -0.05) is 0 Å². The van der Waals surface area contributed by atoms with E-state index in [9.17, 15) is 9.59 Å². The fourth-order valence-electron chi connectivity index (χ4n) is 3.18. The van der Waals surface area contributed by atoms with Crippen LogP contribution in [0, 0.1) is 11.3 Å². The van der Waals surface area contributed by atoms with Gasteiger partial charge in [0, 0.05) is 32.2 Å². The highest BCUT2D eigenvalue weighted by Gasteiger charge is 2.20. The number of fused-ring (bicyclic) bond motifs is 1. The van der Waals surface area contributed by atoms with E-state index in [1.54, 1.807) is 22.8 Å². The monoisotopic (exact) mass is 341 g/mol. The maximum atomic E-state index is 12.2. The fourth-order valence-corrected chi connectivity index (χ4v) is 3.18. The van der Waals surface area contributed by atoms with Gasteiger partial charge in [-0.05, 0) is 31.0 Å². The zero-order chi connectivity index (χ0) is 17.8. The summed E-state index contributed by atoms with van der Waals surface area (Å²) in [5.74, 6) is 0. The van der Waals surface area contributed by atoms with Crippen LogP contribution in [0.5, 0.6) is 0 Å². The van der Waals surface area contributed by atoms with Crippen LogP contribution in [0.3, 0.4) is 0 Å². The van der Waals surface area contributed by atoms with Gasteiger partial charge in [-0.3, -0.25) is 4.79 Å². The summed E-state index contributed by atoms with van der Waals surface area (Å²) in [4.78, 5) is 29.2. The maximum Gasteiger partial charge on any atom is 0.404 e. The highest BCUT2D eigenvalue weighted by atomic mass is 16.4. The second kappa shape index (κ2) is 7.32. The van der Waals surface area contributed by atoms with Crippen molar-refractivity contribution >= 4 is 17.1 Å². The first-order valence-electron chi connectivity index (χ1n) is 8.18. The Bertz CT molecular complexity index is 878. The first-order chi connectivity index (χ1) is 12.1. The molecule has 1 fully saturated rings. The Morgan fingerprint density at radius 1 is 1.36 bits per heavy atom. The molecule has 1 aliphatic heterocycles. The van der Waals surface area contributed by atoms with Gasteiger partial charge in [0.05, 0.1) is 28.9 Å². The highest BCUT2D eigenvalue weighted by Crippen LogP contribution is 2.13. The molecule has 0 saturated carbocycles. The molecule has 1 aliphatic rings. The standard InChI is InChI=1S/C17H19N5O3/c18-10-12-1-2-14-15(9-12)22(16(23)11-19-14)8-7-21-5-3-13(4-6-21)20-17(24)25/h1-2,9,11,13,20H,3-8H2,(H,24,25). The molecule has 0 bridgehead atoms. The van der Waals surface area contributed by atoms with Crippen LogP contribution in [0.2, 0.25) is 0 Å². The number of amides is 1. The largest absolute Gasteiger partial charge is 0.465 e. The van der Waals surface area contributed by atoms with Crippen molar-refractivity contribution in [3.63, 3.8) is 0 Å². The van der Waals surface area contributed by atoms with Crippen LogP contribution in [0.4, 0.5) is 4.79 Å². The molecule has 1 amide bonds. The molecular formula is C17H19N5O3. The molecule has 2 heterocycles. The Balaban J connectivity index is 1.70. The lowest BCUT2D eigenvalue weighted by atomic mass is 10.1. The Morgan fingerprint density at radius 3 is 2.80 bits per heavy atom. The third-order valence-corrected chi connectivity index (χ3v) is 4.53. The van der Waals surface area contributed by atoms with E-state index in [1.807, 2.05) is 0 Å². The van der Waals surface area contributed by atoms with Crippen molar-refractivity contribution in [1.82, 2.24) is 19.8 Å². The number of benzene rings is 1. The van der Waals surface area contributed by atoms with E-state index < -0.39 is 6.09 Å². The van der Waals surface area contributed by atoms with Gasteiger partial charge in [0.25, 0.3) is 5.56 Å². The molecule has 0 radical (unpaired) electrons. The molecule has 8 nitrogen and oxygen atoms in total. The number of carbonyl (C=O) groups is 1. The van der Waals surface area contributed by atoms with Crippen LogP contribution >= 0.6 is 0 Å². The van der Waals surface area contributed by atoms with E-state index in [1.165, 1.54) is 6.20 Å². The average molecular weight is 341 g/mol. The third-order valence-electron chi connectivity index (χ3n) is 4.53. The molecule has 1 aromatic heterocycles. The van der Waals surface area contributed by atoms with Crippen LogP contribution in [0.1, 0.15) is 18.4 Å². The van der Waals surface area contributed by atoms with Gasteiger partial charge in [0.1, 0.15) is 0 Å². The number of carboxylic acid groups (broad SMARTS) is 1. The number of nitrogens with zero attached hydrogens (tertiary/aromatic N) is 4. The van der Waals surface area contributed by atoms with Crippen molar-refractivity contribution in [1.29, 1.82) is 5.26 Å². The number of piperidine rings is 1.